The molecular formula is C13H23N3O2. The molecule has 1 fully saturated rings. The van der Waals surface area contributed by atoms with Crippen molar-refractivity contribution in [2.24, 2.45) is 11.7 Å². The average molecular weight is 253 g/mol. The number of nitrogens with two attached hydrogens (primary N) is 1. The highest BCUT2D eigenvalue weighted by Crippen LogP contribution is 2.33. The van der Waals surface area contributed by atoms with Crippen molar-refractivity contribution in [2.45, 2.75) is 58.1 Å². The first kappa shape index (κ1) is 13.5. The number of hydrogen-bond donors (Lipinski definition) is 1. The zero-order valence-electron chi connectivity index (χ0n) is 11.4. The molecule has 0 bridgehead atoms. The molecule has 5 nitrogen and oxygen atoms in total. The van der Waals surface area contributed by atoms with Crippen LogP contribution >= 0.6 is 0 Å². The summed E-state index contributed by atoms with van der Waals surface area (Å²) >= 11 is 0. The largest absolute Gasteiger partial charge is 0.370 e. The quantitative estimate of drug-likeness (QED) is 0.872. The zero-order valence-corrected chi connectivity index (χ0v) is 11.4. The SMILES string of the molecule is CCOC(c1noc([C@@H]2CC[C@H](N)C2)n1)C(C)C. The van der Waals surface area contributed by atoms with Crippen molar-refractivity contribution >= 4 is 0 Å². The molecule has 1 saturated carbocycles. The van der Waals surface area contributed by atoms with Gasteiger partial charge >= 0.3 is 0 Å². The van der Waals surface area contributed by atoms with Gasteiger partial charge in [0.2, 0.25) is 11.7 Å². The summed E-state index contributed by atoms with van der Waals surface area (Å²) in [5.41, 5.74) is 5.91. The first-order valence-corrected chi connectivity index (χ1v) is 6.82. The van der Waals surface area contributed by atoms with Crippen LogP contribution in [0.25, 0.3) is 0 Å². The van der Waals surface area contributed by atoms with Crippen molar-refractivity contribution in [2.75, 3.05) is 6.61 Å². The molecule has 0 radical (unpaired) electrons. The third-order valence-electron chi connectivity index (χ3n) is 3.49. The smallest absolute Gasteiger partial charge is 0.229 e. The van der Waals surface area contributed by atoms with Crippen molar-refractivity contribution in [3.63, 3.8) is 0 Å². The molecule has 0 aliphatic heterocycles. The maximum Gasteiger partial charge on any atom is 0.229 e. The van der Waals surface area contributed by atoms with Crippen LogP contribution in [0, 0.1) is 5.92 Å². The Kier molecular flexibility index (Phi) is 4.35. The van der Waals surface area contributed by atoms with Gasteiger partial charge in [-0.2, -0.15) is 4.98 Å². The van der Waals surface area contributed by atoms with Gasteiger partial charge in [0.15, 0.2) is 0 Å². The normalized spacial score (nSPS) is 25.8. The summed E-state index contributed by atoms with van der Waals surface area (Å²) in [5.74, 6) is 2.06. The van der Waals surface area contributed by atoms with Gasteiger partial charge in [-0.25, -0.2) is 0 Å². The van der Waals surface area contributed by atoms with E-state index in [0.29, 0.717) is 24.3 Å². The molecule has 1 unspecified atom stereocenters. The van der Waals surface area contributed by atoms with Gasteiger partial charge in [-0.15, -0.1) is 0 Å². The number of nitrogens with zero attached hydrogens (tertiary/aromatic N) is 2. The predicted octanol–water partition coefficient (Wildman–Crippen LogP) is 2.40. The minimum Gasteiger partial charge on any atom is -0.370 e. The van der Waals surface area contributed by atoms with E-state index in [1.165, 1.54) is 0 Å². The lowest BCUT2D eigenvalue weighted by Gasteiger charge is -2.16. The van der Waals surface area contributed by atoms with Crippen LogP contribution in [-0.2, 0) is 4.74 Å². The van der Waals surface area contributed by atoms with E-state index >= 15 is 0 Å². The summed E-state index contributed by atoms with van der Waals surface area (Å²) in [6.45, 7) is 6.83. The highest BCUT2D eigenvalue weighted by molar-refractivity contribution is 5.01. The van der Waals surface area contributed by atoms with Crippen LogP contribution in [-0.4, -0.2) is 22.8 Å². The Balaban J connectivity index is 2.08. The number of ether oxygens (including phenoxy) is 1. The lowest BCUT2D eigenvalue weighted by molar-refractivity contribution is 0.0217. The second kappa shape index (κ2) is 5.80. The predicted molar refractivity (Wildman–Crippen MR) is 68.1 cm³/mol. The highest BCUT2D eigenvalue weighted by atomic mass is 16.5. The Morgan fingerprint density at radius 1 is 1.44 bits per heavy atom. The topological polar surface area (TPSA) is 74.2 Å². The molecule has 0 spiro atoms. The molecule has 1 heterocycles. The van der Waals surface area contributed by atoms with Gasteiger partial charge in [0, 0.05) is 18.6 Å². The van der Waals surface area contributed by atoms with E-state index in [9.17, 15) is 0 Å². The second-order valence-electron chi connectivity index (χ2n) is 5.38. The van der Waals surface area contributed by atoms with Gasteiger partial charge in [0.1, 0.15) is 6.10 Å². The first-order chi connectivity index (χ1) is 8.61. The fraction of sp³-hybridized carbons (Fsp3) is 0.846. The molecule has 3 atom stereocenters. The summed E-state index contributed by atoms with van der Waals surface area (Å²) in [5, 5.41) is 4.07. The molecule has 0 aromatic carbocycles. The van der Waals surface area contributed by atoms with Crippen molar-refractivity contribution in [1.82, 2.24) is 10.1 Å². The van der Waals surface area contributed by atoms with Gasteiger partial charge < -0.3 is 15.0 Å². The van der Waals surface area contributed by atoms with Gasteiger partial charge in [0.25, 0.3) is 0 Å². The van der Waals surface area contributed by atoms with Gasteiger partial charge in [-0.1, -0.05) is 19.0 Å². The molecule has 1 aliphatic carbocycles. The zero-order chi connectivity index (χ0) is 13.1. The first-order valence-electron chi connectivity index (χ1n) is 6.82. The molecular weight excluding hydrogens is 230 g/mol. The summed E-state index contributed by atoms with van der Waals surface area (Å²) in [7, 11) is 0. The molecule has 1 aromatic heterocycles. The van der Waals surface area contributed by atoms with Crippen LogP contribution in [0.4, 0.5) is 0 Å². The Morgan fingerprint density at radius 3 is 2.78 bits per heavy atom. The Hall–Kier alpha value is -0.940. The van der Waals surface area contributed by atoms with E-state index in [-0.39, 0.29) is 12.1 Å². The Bertz CT molecular complexity index is 378. The van der Waals surface area contributed by atoms with E-state index in [4.69, 9.17) is 15.0 Å². The summed E-state index contributed by atoms with van der Waals surface area (Å²) in [6, 6.07) is 0.276. The van der Waals surface area contributed by atoms with Crippen molar-refractivity contribution in [3.05, 3.63) is 11.7 Å². The lowest BCUT2D eigenvalue weighted by atomic mass is 10.1. The fourth-order valence-corrected chi connectivity index (χ4v) is 2.51. The Morgan fingerprint density at radius 2 is 2.22 bits per heavy atom. The maximum absolute atomic E-state index is 5.91. The highest BCUT2D eigenvalue weighted by Gasteiger charge is 2.30. The van der Waals surface area contributed by atoms with E-state index in [0.717, 1.165) is 25.2 Å². The van der Waals surface area contributed by atoms with Crippen molar-refractivity contribution < 1.29 is 9.26 Å². The van der Waals surface area contributed by atoms with Crippen molar-refractivity contribution in [1.29, 1.82) is 0 Å². The maximum atomic E-state index is 5.91. The van der Waals surface area contributed by atoms with Crippen LogP contribution in [0.3, 0.4) is 0 Å². The molecule has 102 valence electrons. The van der Waals surface area contributed by atoms with Gasteiger partial charge in [-0.05, 0) is 32.1 Å². The second-order valence-corrected chi connectivity index (χ2v) is 5.38. The summed E-state index contributed by atoms with van der Waals surface area (Å²) < 4.78 is 11.1. The number of hydrogen-bond acceptors (Lipinski definition) is 5. The summed E-state index contributed by atoms with van der Waals surface area (Å²) in [4.78, 5) is 4.51. The lowest BCUT2D eigenvalue weighted by Crippen LogP contribution is -2.14. The Labute approximate surface area is 108 Å². The van der Waals surface area contributed by atoms with Crippen LogP contribution < -0.4 is 5.73 Å². The minimum absolute atomic E-state index is 0.0809. The third-order valence-corrected chi connectivity index (χ3v) is 3.49. The van der Waals surface area contributed by atoms with Crippen LogP contribution in [0.15, 0.2) is 4.52 Å². The molecule has 0 saturated heterocycles. The van der Waals surface area contributed by atoms with Gasteiger partial charge in [0.05, 0.1) is 0 Å². The molecule has 1 aliphatic rings. The number of aromatic nitrogens is 2. The summed E-state index contributed by atoms with van der Waals surface area (Å²) in [6.07, 6.45) is 2.95. The monoisotopic (exact) mass is 253 g/mol. The van der Waals surface area contributed by atoms with E-state index < -0.39 is 0 Å². The fourth-order valence-electron chi connectivity index (χ4n) is 2.51. The van der Waals surface area contributed by atoms with E-state index in [1.807, 2.05) is 6.92 Å². The van der Waals surface area contributed by atoms with Crippen molar-refractivity contribution in [3.8, 4) is 0 Å². The molecule has 1 aromatic rings. The van der Waals surface area contributed by atoms with Crippen LogP contribution in [0.5, 0.6) is 0 Å². The van der Waals surface area contributed by atoms with E-state index in [2.05, 4.69) is 24.0 Å². The molecule has 5 heteroatoms. The van der Waals surface area contributed by atoms with Crippen LogP contribution in [0.2, 0.25) is 0 Å². The minimum atomic E-state index is -0.0809. The number of rotatable bonds is 5. The molecule has 18 heavy (non-hydrogen) atoms. The van der Waals surface area contributed by atoms with E-state index in [1.54, 1.807) is 0 Å². The standard InChI is InChI=1S/C13H23N3O2/c1-4-17-11(8(2)3)12-15-13(18-16-12)9-5-6-10(14)7-9/h8-11H,4-7,14H2,1-3H3/t9-,10+,11?/m1/s1. The van der Waals surface area contributed by atoms with Crippen LogP contribution in [0.1, 0.15) is 63.8 Å². The average Bonchev–Trinajstić information content (AvgIpc) is 2.93. The molecule has 2 rings (SSSR count). The van der Waals surface area contributed by atoms with Gasteiger partial charge in [-0.3, -0.25) is 0 Å². The third kappa shape index (κ3) is 2.90. The molecule has 0 amide bonds. The molecule has 2 N–H and O–H groups in total.